The van der Waals surface area contributed by atoms with E-state index in [0.717, 1.165) is 16.8 Å². The first-order chi connectivity index (χ1) is 11.0. The molecule has 1 aromatic carbocycles. The lowest BCUT2D eigenvalue weighted by atomic mass is 9.88. The van der Waals surface area contributed by atoms with Crippen LogP contribution in [0.5, 0.6) is 0 Å². The van der Waals surface area contributed by atoms with Gasteiger partial charge in [-0.15, -0.1) is 0 Å². The van der Waals surface area contributed by atoms with Crippen molar-refractivity contribution in [3.8, 4) is 11.1 Å². The maximum Gasteiger partial charge on any atom is 0.232 e. The van der Waals surface area contributed by atoms with Crippen LogP contribution in [0, 0.1) is 5.41 Å². The molecule has 1 unspecified atom stereocenters. The number of benzene rings is 1. The van der Waals surface area contributed by atoms with Gasteiger partial charge in [0.15, 0.2) is 0 Å². The molecule has 1 aromatic heterocycles. The number of H-pyrrole nitrogens is 1. The molecule has 0 aliphatic carbocycles. The number of rotatable bonds is 3. The number of anilines is 1. The van der Waals surface area contributed by atoms with E-state index in [4.69, 9.17) is 0 Å². The molecule has 2 heterocycles. The molecule has 1 atom stereocenters. The first-order valence-corrected chi connectivity index (χ1v) is 7.64. The molecule has 3 rings (SSSR count). The third-order valence-corrected chi connectivity index (χ3v) is 4.44. The number of likely N-dealkylation sites (tertiary alicyclic amines) is 1. The maximum absolute atomic E-state index is 12.6. The minimum Gasteiger partial charge on any atom is -0.342 e. The lowest BCUT2D eigenvalue weighted by Gasteiger charge is -2.23. The van der Waals surface area contributed by atoms with E-state index >= 15 is 0 Å². The minimum absolute atomic E-state index is 0.0194. The van der Waals surface area contributed by atoms with E-state index in [2.05, 4.69) is 15.5 Å². The molecular formula is C17H20N4O2. The van der Waals surface area contributed by atoms with Gasteiger partial charge < -0.3 is 10.2 Å². The molecule has 2 N–H and O–H groups in total. The fourth-order valence-electron chi connectivity index (χ4n) is 2.85. The largest absolute Gasteiger partial charge is 0.342 e. The summed E-state index contributed by atoms with van der Waals surface area (Å²) < 4.78 is 0. The number of aromatic nitrogens is 2. The summed E-state index contributed by atoms with van der Waals surface area (Å²) in [4.78, 5) is 25.7. The van der Waals surface area contributed by atoms with Crippen LogP contribution in [0.2, 0.25) is 0 Å². The van der Waals surface area contributed by atoms with E-state index in [1.165, 1.54) is 6.92 Å². The molecule has 1 fully saturated rings. The second-order valence-corrected chi connectivity index (χ2v) is 6.27. The summed E-state index contributed by atoms with van der Waals surface area (Å²) in [6.07, 6.45) is 4.26. The zero-order valence-electron chi connectivity index (χ0n) is 13.3. The average Bonchev–Trinajstić information content (AvgIpc) is 3.18. The van der Waals surface area contributed by atoms with Crippen LogP contribution in [0.1, 0.15) is 20.3 Å². The van der Waals surface area contributed by atoms with Gasteiger partial charge in [0.25, 0.3) is 0 Å². The molecule has 0 saturated carbocycles. The van der Waals surface area contributed by atoms with Gasteiger partial charge in [0.1, 0.15) is 0 Å². The lowest BCUT2D eigenvalue weighted by Crippen LogP contribution is -2.37. The first kappa shape index (κ1) is 15.3. The summed E-state index contributed by atoms with van der Waals surface area (Å²) >= 11 is 0. The number of amides is 2. The highest BCUT2D eigenvalue weighted by atomic mass is 16.2. The Kier molecular flexibility index (Phi) is 3.90. The van der Waals surface area contributed by atoms with Gasteiger partial charge in [-0.2, -0.15) is 5.10 Å². The van der Waals surface area contributed by atoms with Gasteiger partial charge in [-0.25, -0.2) is 0 Å². The van der Waals surface area contributed by atoms with Gasteiger partial charge in [0.2, 0.25) is 11.8 Å². The van der Waals surface area contributed by atoms with Gasteiger partial charge in [-0.05, 0) is 31.0 Å². The SMILES string of the molecule is CC(=O)N1CCC(C)(C(=O)Nc2ccc(-c3cn[nH]c3)cc2)C1. The zero-order valence-corrected chi connectivity index (χ0v) is 13.3. The Hall–Kier alpha value is -2.63. The third kappa shape index (κ3) is 3.11. The van der Waals surface area contributed by atoms with E-state index in [9.17, 15) is 9.59 Å². The molecule has 2 amide bonds. The van der Waals surface area contributed by atoms with Crippen LogP contribution in [-0.2, 0) is 9.59 Å². The van der Waals surface area contributed by atoms with Crippen LogP contribution in [-0.4, -0.2) is 40.0 Å². The van der Waals surface area contributed by atoms with Crippen molar-refractivity contribution in [2.24, 2.45) is 5.41 Å². The Morgan fingerprint density at radius 2 is 2.00 bits per heavy atom. The number of hydrogen-bond acceptors (Lipinski definition) is 3. The number of hydrogen-bond donors (Lipinski definition) is 2. The smallest absolute Gasteiger partial charge is 0.232 e. The van der Waals surface area contributed by atoms with Crippen LogP contribution >= 0.6 is 0 Å². The van der Waals surface area contributed by atoms with Gasteiger partial charge in [0, 0.05) is 37.5 Å². The molecular weight excluding hydrogens is 292 g/mol. The first-order valence-electron chi connectivity index (χ1n) is 7.64. The topological polar surface area (TPSA) is 78.1 Å². The molecule has 1 aliphatic rings. The number of aromatic amines is 1. The van der Waals surface area contributed by atoms with Crippen LogP contribution in [0.3, 0.4) is 0 Å². The fraction of sp³-hybridized carbons (Fsp3) is 0.353. The summed E-state index contributed by atoms with van der Waals surface area (Å²) in [7, 11) is 0. The molecule has 6 heteroatoms. The Morgan fingerprint density at radius 1 is 1.26 bits per heavy atom. The highest BCUT2D eigenvalue weighted by Crippen LogP contribution is 2.31. The van der Waals surface area contributed by atoms with Gasteiger partial charge >= 0.3 is 0 Å². The molecule has 1 aliphatic heterocycles. The van der Waals surface area contributed by atoms with Crippen LogP contribution in [0.25, 0.3) is 11.1 Å². The monoisotopic (exact) mass is 312 g/mol. The summed E-state index contributed by atoms with van der Waals surface area (Å²) in [6.45, 7) is 4.56. The van der Waals surface area contributed by atoms with Crippen LogP contribution in [0.15, 0.2) is 36.7 Å². The Labute approximate surface area is 134 Å². The Balaban J connectivity index is 1.67. The van der Waals surface area contributed by atoms with E-state index in [1.807, 2.05) is 37.4 Å². The second-order valence-electron chi connectivity index (χ2n) is 6.27. The highest BCUT2D eigenvalue weighted by molar-refractivity contribution is 5.96. The Morgan fingerprint density at radius 3 is 2.57 bits per heavy atom. The molecule has 120 valence electrons. The van der Waals surface area contributed by atoms with E-state index in [-0.39, 0.29) is 11.8 Å². The van der Waals surface area contributed by atoms with E-state index in [0.29, 0.717) is 19.5 Å². The zero-order chi connectivity index (χ0) is 16.4. The standard InChI is InChI=1S/C17H20N4O2/c1-12(22)21-8-7-17(2,11-21)16(23)20-15-5-3-13(4-6-15)14-9-18-19-10-14/h3-6,9-10H,7-8,11H2,1-2H3,(H,18,19)(H,20,23). The van der Waals surface area contributed by atoms with Gasteiger partial charge in [-0.1, -0.05) is 12.1 Å². The highest BCUT2D eigenvalue weighted by Gasteiger charge is 2.41. The molecule has 1 saturated heterocycles. The van der Waals surface area contributed by atoms with Crippen molar-refractivity contribution >= 4 is 17.5 Å². The van der Waals surface area contributed by atoms with E-state index in [1.54, 1.807) is 11.1 Å². The number of nitrogens with zero attached hydrogens (tertiary/aromatic N) is 2. The predicted octanol–water partition coefficient (Wildman–Crippen LogP) is 2.27. The molecule has 6 nitrogen and oxygen atoms in total. The second kappa shape index (κ2) is 5.87. The number of carbonyl (C=O) groups excluding carboxylic acids is 2. The summed E-state index contributed by atoms with van der Waals surface area (Å²) in [6, 6.07) is 7.64. The average molecular weight is 312 g/mol. The van der Waals surface area contributed by atoms with Crippen LogP contribution in [0.4, 0.5) is 5.69 Å². The van der Waals surface area contributed by atoms with Crippen molar-refractivity contribution in [1.29, 1.82) is 0 Å². The molecule has 0 bridgehead atoms. The minimum atomic E-state index is -0.533. The predicted molar refractivity (Wildman–Crippen MR) is 87.6 cm³/mol. The molecule has 2 aromatic rings. The van der Waals surface area contributed by atoms with Gasteiger partial charge in [-0.3, -0.25) is 14.7 Å². The third-order valence-electron chi connectivity index (χ3n) is 4.44. The summed E-state index contributed by atoms with van der Waals surface area (Å²) in [5, 5.41) is 9.66. The van der Waals surface area contributed by atoms with Crippen molar-refractivity contribution in [3.05, 3.63) is 36.7 Å². The summed E-state index contributed by atoms with van der Waals surface area (Å²) in [5.41, 5.74) is 2.26. The van der Waals surface area contributed by atoms with Crippen molar-refractivity contribution in [2.45, 2.75) is 20.3 Å². The number of nitrogens with one attached hydrogen (secondary N) is 2. The number of carbonyl (C=O) groups is 2. The molecule has 0 spiro atoms. The van der Waals surface area contributed by atoms with Crippen molar-refractivity contribution in [3.63, 3.8) is 0 Å². The van der Waals surface area contributed by atoms with Crippen LogP contribution < -0.4 is 5.32 Å². The quantitative estimate of drug-likeness (QED) is 0.912. The molecule has 23 heavy (non-hydrogen) atoms. The Bertz CT molecular complexity index is 709. The fourth-order valence-corrected chi connectivity index (χ4v) is 2.85. The maximum atomic E-state index is 12.6. The van der Waals surface area contributed by atoms with E-state index < -0.39 is 5.41 Å². The normalized spacial score (nSPS) is 20.5. The molecule has 0 radical (unpaired) electrons. The summed E-state index contributed by atoms with van der Waals surface area (Å²) in [5.74, 6) is -0.0247. The van der Waals surface area contributed by atoms with Gasteiger partial charge in [0.05, 0.1) is 11.6 Å². The van der Waals surface area contributed by atoms with Crippen molar-refractivity contribution < 1.29 is 9.59 Å². The van der Waals surface area contributed by atoms with Crippen molar-refractivity contribution in [2.75, 3.05) is 18.4 Å². The van der Waals surface area contributed by atoms with Crippen molar-refractivity contribution in [1.82, 2.24) is 15.1 Å². The lowest BCUT2D eigenvalue weighted by molar-refractivity contribution is -0.129.